The molecule has 3 nitrogen and oxygen atoms in total. The molecule has 0 aliphatic carbocycles. The van der Waals surface area contributed by atoms with Gasteiger partial charge in [-0.1, -0.05) is 6.07 Å². The van der Waals surface area contributed by atoms with E-state index in [2.05, 4.69) is 29.2 Å². The maximum Gasteiger partial charge on any atom is 0.0267 e. The summed E-state index contributed by atoms with van der Waals surface area (Å²) < 4.78 is 0. The molecular formula is C11H19N3. The van der Waals surface area contributed by atoms with E-state index in [-0.39, 0.29) is 0 Å². The number of pyridine rings is 1. The third-order valence-electron chi connectivity index (χ3n) is 2.40. The minimum Gasteiger partial charge on any atom is -0.314 e. The van der Waals surface area contributed by atoms with E-state index in [1.54, 1.807) is 12.4 Å². The third-order valence-corrected chi connectivity index (χ3v) is 2.40. The molecule has 0 aromatic carbocycles. The molecular weight excluding hydrogens is 174 g/mol. The highest BCUT2D eigenvalue weighted by Crippen LogP contribution is 1.95. The van der Waals surface area contributed by atoms with Crippen LogP contribution in [-0.4, -0.2) is 42.6 Å². The third kappa shape index (κ3) is 4.35. The Labute approximate surface area is 86.2 Å². The summed E-state index contributed by atoms with van der Waals surface area (Å²) in [4.78, 5) is 6.16. The normalized spacial score (nSPS) is 22.3. The Morgan fingerprint density at radius 1 is 1.29 bits per heavy atom. The fourth-order valence-corrected chi connectivity index (χ4v) is 1.26. The summed E-state index contributed by atoms with van der Waals surface area (Å²) in [5.41, 5.74) is 0. The zero-order chi connectivity index (χ0) is 10.2. The molecule has 0 radical (unpaired) electrons. The number of nitrogens with zero attached hydrogens (tertiary/aromatic N) is 2. The number of hydrogen-bond donors (Lipinski definition) is 1. The zero-order valence-corrected chi connectivity index (χ0v) is 8.98. The average molecular weight is 193 g/mol. The molecule has 2 heterocycles. The molecule has 1 N–H and O–H groups in total. The Hall–Kier alpha value is -0.930. The SMILES string of the molecule is CC1CNCCN1C.c1ccncc1. The summed E-state index contributed by atoms with van der Waals surface area (Å²) >= 11 is 0. The molecule has 1 saturated heterocycles. The maximum absolute atomic E-state index is 3.78. The fraction of sp³-hybridized carbons (Fsp3) is 0.545. The average Bonchev–Trinajstić information content (AvgIpc) is 2.26. The largest absolute Gasteiger partial charge is 0.314 e. The molecule has 1 atom stereocenters. The molecule has 3 heteroatoms. The summed E-state index contributed by atoms with van der Waals surface area (Å²) in [6.07, 6.45) is 3.50. The van der Waals surface area contributed by atoms with Crippen LogP contribution in [0.1, 0.15) is 6.92 Å². The summed E-state index contributed by atoms with van der Waals surface area (Å²) in [5.74, 6) is 0. The van der Waals surface area contributed by atoms with E-state index in [0.29, 0.717) is 0 Å². The van der Waals surface area contributed by atoms with Gasteiger partial charge in [0.15, 0.2) is 0 Å². The Kier molecular flexibility index (Phi) is 5.19. The van der Waals surface area contributed by atoms with E-state index >= 15 is 0 Å². The first-order valence-electron chi connectivity index (χ1n) is 5.06. The van der Waals surface area contributed by atoms with Crippen molar-refractivity contribution in [3.05, 3.63) is 30.6 Å². The summed E-state index contributed by atoms with van der Waals surface area (Å²) in [6, 6.07) is 6.44. The smallest absolute Gasteiger partial charge is 0.0267 e. The zero-order valence-electron chi connectivity index (χ0n) is 8.98. The Morgan fingerprint density at radius 2 is 2.00 bits per heavy atom. The summed E-state index contributed by atoms with van der Waals surface area (Å²) in [5, 5.41) is 3.32. The fourth-order valence-electron chi connectivity index (χ4n) is 1.26. The molecule has 0 saturated carbocycles. The minimum atomic E-state index is 0.726. The van der Waals surface area contributed by atoms with Gasteiger partial charge in [-0.25, -0.2) is 0 Å². The van der Waals surface area contributed by atoms with Crippen molar-refractivity contribution >= 4 is 0 Å². The predicted molar refractivity (Wildman–Crippen MR) is 59.2 cm³/mol. The number of aromatic nitrogens is 1. The van der Waals surface area contributed by atoms with Crippen molar-refractivity contribution in [1.82, 2.24) is 15.2 Å². The van der Waals surface area contributed by atoms with Gasteiger partial charge in [-0.05, 0) is 26.1 Å². The molecule has 0 amide bonds. The highest BCUT2D eigenvalue weighted by molar-refractivity contribution is 4.88. The van der Waals surface area contributed by atoms with Crippen molar-refractivity contribution < 1.29 is 0 Å². The Balaban J connectivity index is 0.000000146. The van der Waals surface area contributed by atoms with E-state index in [4.69, 9.17) is 0 Å². The van der Waals surface area contributed by atoms with E-state index in [0.717, 1.165) is 19.1 Å². The number of hydrogen-bond acceptors (Lipinski definition) is 3. The van der Waals surface area contributed by atoms with Crippen molar-refractivity contribution in [1.29, 1.82) is 0 Å². The van der Waals surface area contributed by atoms with Gasteiger partial charge < -0.3 is 10.2 Å². The molecule has 1 aliphatic heterocycles. The lowest BCUT2D eigenvalue weighted by atomic mass is 10.2. The quantitative estimate of drug-likeness (QED) is 0.666. The Bertz CT molecular complexity index is 189. The molecule has 78 valence electrons. The molecule has 14 heavy (non-hydrogen) atoms. The molecule has 1 aromatic heterocycles. The predicted octanol–water partition coefficient (Wildman–Crippen LogP) is 0.991. The van der Waals surface area contributed by atoms with Crippen molar-refractivity contribution in [2.75, 3.05) is 26.7 Å². The monoisotopic (exact) mass is 193 g/mol. The van der Waals surface area contributed by atoms with Crippen LogP contribution in [0.3, 0.4) is 0 Å². The highest BCUT2D eigenvalue weighted by atomic mass is 15.2. The van der Waals surface area contributed by atoms with E-state index < -0.39 is 0 Å². The van der Waals surface area contributed by atoms with Crippen LogP contribution >= 0.6 is 0 Å². The van der Waals surface area contributed by atoms with Gasteiger partial charge in [-0.3, -0.25) is 4.98 Å². The lowest BCUT2D eigenvalue weighted by molar-refractivity contribution is 0.215. The minimum absolute atomic E-state index is 0.726. The van der Waals surface area contributed by atoms with Gasteiger partial charge in [0.1, 0.15) is 0 Å². The van der Waals surface area contributed by atoms with Crippen molar-refractivity contribution in [2.45, 2.75) is 13.0 Å². The second-order valence-corrected chi connectivity index (χ2v) is 3.56. The molecule has 0 spiro atoms. The topological polar surface area (TPSA) is 28.2 Å². The number of nitrogens with one attached hydrogen (secondary N) is 1. The van der Waals surface area contributed by atoms with Crippen LogP contribution in [0.2, 0.25) is 0 Å². The molecule has 1 unspecified atom stereocenters. The lowest BCUT2D eigenvalue weighted by Crippen LogP contribution is -2.47. The van der Waals surface area contributed by atoms with Crippen LogP contribution in [0.4, 0.5) is 0 Å². The van der Waals surface area contributed by atoms with Gasteiger partial charge in [-0.2, -0.15) is 0 Å². The van der Waals surface area contributed by atoms with Gasteiger partial charge in [-0.15, -0.1) is 0 Å². The number of likely N-dealkylation sites (N-methyl/N-ethyl adjacent to an activating group) is 1. The van der Waals surface area contributed by atoms with Gasteiger partial charge in [0.2, 0.25) is 0 Å². The molecule has 1 fully saturated rings. The van der Waals surface area contributed by atoms with E-state index in [1.807, 2.05) is 18.2 Å². The molecule has 1 aromatic rings. The number of rotatable bonds is 0. The highest BCUT2D eigenvalue weighted by Gasteiger charge is 2.11. The van der Waals surface area contributed by atoms with Crippen molar-refractivity contribution in [2.24, 2.45) is 0 Å². The van der Waals surface area contributed by atoms with Crippen LogP contribution < -0.4 is 5.32 Å². The standard InChI is InChI=1S/C6H14N2.C5H5N/c1-6-5-7-3-4-8(6)2;1-2-4-6-5-3-1/h6-7H,3-5H2,1-2H3;1-5H. The van der Waals surface area contributed by atoms with Crippen molar-refractivity contribution in [3.63, 3.8) is 0 Å². The molecule has 1 aliphatic rings. The maximum atomic E-state index is 3.78. The first-order valence-corrected chi connectivity index (χ1v) is 5.06. The lowest BCUT2D eigenvalue weighted by Gasteiger charge is -2.29. The van der Waals surface area contributed by atoms with Gasteiger partial charge in [0, 0.05) is 38.1 Å². The second-order valence-electron chi connectivity index (χ2n) is 3.56. The molecule has 0 bridgehead atoms. The van der Waals surface area contributed by atoms with Crippen LogP contribution in [0, 0.1) is 0 Å². The van der Waals surface area contributed by atoms with Crippen LogP contribution in [0.5, 0.6) is 0 Å². The summed E-state index contributed by atoms with van der Waals surface area (Å²) in [7, 11) is 2.17. The first-order chi connectivity index (χ1) is 6.80. The van der Waals surface area contributed by atoms with Gasteiger partial charge >= 0.3 is 0 Å². The van der Waals surface area contributed by atoms with E-state index in [9.17, 15) is 0 Å². The first kappa shape index (κ1) is 11.1. The molecule has 2 rings (SSSR count). The van der Waals surface area contributed by atoms with E-state index in [1.165, 1.54) is 6.54 Å². The number of piperazine rings is 1. The van der Waals surface area contributed by atoms with Crippen molar-refractivity contribution in [3.8, 4) is 0 Å². The Morgan fingerprint density at radius 3 is 2.29 bits per heavy atom. The summed E-state index contributed by atoms with van der Waals surface area (Å²) in [6.45, 7) is 5.74. The van der Waals surface area contributed by atoms with Crippen LogP contribution in [0.25, 0.3) is 0 Å². The van der Waals surface area contributed by atoms with Gasteiger partial charge in [0.05, 0.1) is 0 Å². The van der Waals surface area contributed by atoms with Gasteiger partial charge in [0.25, 0.3) is 0 Å². The van der Waals surface area contributed by atoms with Crippen LogP contribution in [0.15, 0.2) is 30.6 Å². The second kappa shape index (κ2) is 6.51. The van der Waals surface area contributed by atoms with Crippen LogP contribution in [-0.2, 0) is 0 Å².